The highest BCUT2D eigenvalue weighted by atomic mass is 35.5. The number of halogens is 1. The molecule has 4 heteroatoms. The number of aromatic nitrogens is 2. The zero-order chi connectivity index (χ0) is 15.2. The molecule has 0 amide bonds. The Morgan fingerprint density at radius 3 is 2.81 bits per heavy atom. The van der Waals surface area contributed by atoms with Crippen LogP contribution in [0.25, 0.3) is 0 Å². The molecule has 0 fully saturated rings. The molecule has 0 radical (unpaired) electrons. The Balaban J connectivity index is 2.25. The van der Waals surface area contributed by atoms with Crippen LogP contribution in [0.3, 0.4) is 0 Å². The first-order valence-electron chi connectivity index (χ1n) is 7.64. The second-order valence-electron chi connectivity index (χ2n) is 5.40. The van der Waals surface area contributed by atoms with Gasteiger partial charge in [0.05, 0.1) is 5.69 Å². The largest absolute Gasteiger partial charge is 0.310 e. The predicted octanol–water partition coefficient (Wildman–Crippen LogP) is 3.92. The molecule has 1 aromatic heterocycles. The molecule has 21 heavy (non-hydrogen) atoms. The molecular weight excluding hydrogens is 282 g/mol. The lowest BCUT2D eigenvalue weighted by Gasteiger charge is -2.19. The van der Waals surface area contributed by atoms with Crippen molar-refractivity contribution < 1.29 is 0 Å². The number of rotatable bonds is 7. The van der Waals surface area contributed by atoms with Gasteiger partial charge < -0.3 is 5.32 Å². The van der Waals surface area contributed by atoms with Gasteiger partial charge in [0.25, 0.3) is 0 Å². The van der Waals surface area contributed by atoms with E-state index >= 15 is 0 Å². The minimum Gasteiger partial charge on any atom is -0.310 e. The molecule has 1 heterocycles. The Kier molecular flexibility index (Phi) is 5.83. The van der Waals surface area contributed by atoms with Crippen molar-refractivity contribution in [3.63, 3.8) is 0 Å². The summed E-state index contributed by atoms with van der Waals surface area (Å²) >= 11 is 6.10. The number of hydrogen-bond donors (Lipinski definition) is 1. The van der Waals surface area contributed by atoms with Gasteiger partial charge in [0, 0.05) is 29.9 Å². The molecule has 2 aromatic rings. The topological polar surface area (TPSA) is 29.9 Å². The third-order valence-corrected chi connectivity index (χ3v) is 3.85. The van der Waals surface area contributed by atoms with Crippen LogP contribution in [0.1, 0.15) is 43.1 Å². The Labute approximate surface area is 132 Å². The monoisotopic (exact) mass is 305 g/mol. The number of nitrogens with one attached hydrogen (secondary N) is 1. The van der Waals surface area contributed by atoms with Gasteiger partial charge in [0.2, 0.25) is 0 Å². The highest BCUT2D eigenvalue weighted by Crippen LogP contribution is 2.23. The van der Waals surface area contributed by atoms with Gasteiger partial charge in [-0.2, -0.15) is 5.10 Å². The standard InChI is InChI=1S/C17H24ClN3/c1-4-9-19-17(11-13-7-6-8-14(18)10-13)15-12-21(3)20-16(15)5-2/h6-8,10,12,17,19H,4-5,9,11H2,1-3H3. The maximum absolute atomic E-state index is 6.10. The quantitative estimate of drug-likeness (QED) is 0.840. The van der Waals surface area contributed by atoms with Gasteiger partial charge in [0.15, 0.2) is 0 Å². The van der Waals surface area contributed by atoms with Crippen molar-refractivity contribution in [2.24, 2.45) is 7.05 Å². The molecule has 0 aliphatic rings. The maximum Gasteiger partial charge on any atom is 0.0669 e. The molecular formula is C17H24ClN3. The maximum atomic E-state index is 6.10. The lowest BCUT2D eigenvalue weighted by molar-refractivity contribution is 0.525. The van der Waals surface area contributed by atoms with Gasteiger partial charge in [-0.25, -0.2) is 0 Å². The number of aryl methyl sites for hydroxylation is 2. The van der Waals surface area contributed by atoms with Gasteiger partial charge in [-0.3, -0.25) is 4.68 Å². The van der Waals surface area contributed by atoms with Crippen LogP contribution in [-0.4, -0.2) is 16.3 Å². The SMILES string of the molecule is CCCNC(Cc1cccc(Cl)c1)c1cn(C)nc1CC. The molecule has 114 valence electrons. The fourth-order valence-corrected chi connectivity index (χ4v) is 2.84. The second-order valence-corrected chi connectivity index (χ2v) is 5.84. The average molecular weight is 306 g/mol. The van der Waals surface area contributed by atoms with E-state index in [4.69, 9.17) is 11.6 Å². The Morgan fingerprint density at radius 2 is 2.14 bits per heavy atom. The van der Waals surface area contributed by atoms with E-state index in [2.05, 4.69) is 36.5 Å². The van der Waals surface area contributed by atoms with Crippen molar-refractivity contribution in [3.8, 4) is 0 Å². The average Bonchev–Trinajstić information content (AvgIpc) is 2.84. The minimum absolute atomic E-state index is 0.284. The van der Waals surface area contributed by atoms with Crippen LogP contribution in [-0.2, 0) is 19.9 Å². The predicted molar refractivity (Wildman–Crippen MR) is 88.8 cm³/mol. The molecule has 1 atom stereocenters. The summed E-state index contributed by atoms with van der Waals surface area (Å²) in [6, 6.07) is 8.39. The summed E-state index contributed by atoms with van der Waals surface area (Å²) in [7, 11) is 1.99. The molecule has 1 unspecified atom stereocenters. The molecule has 2 rings (SSSR count). The summed E-state index contributed by atoms with van der Waals surface area (Å²) in [4.78, 5) is 0. The Morgan fingerprint density at radius 1 is 1.33 bits per heavy atom. The highest BCUT2D eigenvalue weighted by molar-refractivity contribution is 6.30. The van der Waals surface area contributed by atoms with E-state index < -0.39 is 0 Å². The number of hydrogen-bond acceptors (Lipinski definition) is 2. The van der Waals surface area contributed by atoms with E-state index in [0.717, 1.165) is 30.8 Å². The van der Waals surface area contributed by atoms with Gasteiger partial charge in [0.1, 0.15) is 0 Å². The first kappa shape index (κ1) is 16.1. The Hall–Kier alpha value is -1.32. The van der Waals surface area contributed by atoms with E-state index in [1.807, 2.05) is 29.9 Å². The molecule has 0 bridgehead atoms. The van der Waals surface area contributed by atoms with E-state index in [-0.39, 0.29) is 6.04 Å². The van der Waals surface area contributed by atoms with Crippen molar-refractivity contribution in [3.05, 3.63) is 52.3 Å². The van der Waals surface area contributed by atoms with Gasteiger partial charge in [-0.05, 0) is 43.5 Å². The zero-order valence-electron chi connectivity index (χ0n) is 13.1. The summed E-state index contributed by atoms with van der Waals surface area (Å²) in [6.07, 6.45) is 5.14. The zero-order valence-corrected chi connectivity index (χ0v) is 13.8. The van der Waals surface area contributed by atoms with Crippen molar-refractivity contribution >= 4 is 11.6 Å². The van der Waals surface area contributed by atoms with E-state index in [1.165, 1.54) is 16.8 Å². The summed E-state index contributed by atoms with van der Waals surface area (Å²) < 4.78 is 1.91. The lowest BCUT2D eigenvalue weighted by atomic mass is 9.98. The smallest absolute Gasteiger partial charge is 0.0669 e. The van der Waals surface area contributed by atoms with Crippen molar-refractivity contribution in [1.29, 1.82) is 0 Å². The molecule has 0 saturated carbocycles. The molecule has 1 aromatic carbocycles. The second kappa shape index (κ2) is 7.62. The molecule has 0 aliphatic heterocycles. The summed E-state index contributed by atoms with van der Waals surface area (Å²) in [5, 5.41) is 9.01. The fraction of sp³-hybridized carbons (Fsp3) is 0.471. The number of benzene rings is 1. The van der Waals surface area contributed by atoms with E-state index in [1.54, 1.807) is 0 Å². The van der Waals surface area contributed by atoms with Gasteiger partial charge >= 0.3 is 0 Å². The summed E-state index contributed by atoms with van der Waals surface area (Å²) in [6.45, 7) is 5.35. The first-order valence-corrected chi connectivity index (χ1v) is 8.02. The lowest BCUT2D eigenvalue weighted by Crippen LogP contribution is -2.24. The van der Waals surface area contributed by atoms with Crippen molar-refractivity contribution in [1.82, 2.24) is 15.1 Å². The Bertz CT molecular complexity index is 577. The van der Waals surface area contributed by atoms with Crippen LogP contribution >= 0.6 is 11.6 Å². The molecule has 3 nitrogen and oxygen atoms in total. The molecule has 1 N–H and O–H groups in total. The van der Waals surface area contributed by atoms with E-state index in [9.17, 15) is 0 Å². The van der Waals surface area contributed by atoms with Crippen molar-refractivity contribution in [2.75, 3.05) is 6.54 Å². The molecule has 0 aliphatic carbocycles. The van der Waals surface area contributed by atoms with E-state index in [0.29, 0.717) is 0 Å². The van der Waals surface area contributed by atoms with Gasteiger partial charge in [-0.1, -0.05) is 37.6 Å². The third-order valence-electron chi connectivity index (χ3n) is 3.62. The molecule has 0 spiro atoms. The van der Waals surface area contributed by atoms with Crippen LogP contribution in [0.5, 0.6) is 0 Å². The summed E-state index contributed by atoms with van der Waals surface area (Å²) in [5.74, 6) is 0. The highest BCUT2D eigenvalue weighted by Gasteiger charge is 2.17. The normalized spacial score (nSPS) is 12.6. The third kappa shape index (κ3) is 4.32. The van der Waals surface area contributed by atoms with Crippen LogP contribution < -0.4 is 5.32 Å². The van der Waals surface area contributed by atoms with Crippen LogP contribution in [0.4, 0.5) is 0 Å². The van der Waals surface area contributed by atoms with Crippen LogP contribution in [0.2, 0.25) is 5.02 Å². The molecule has 0 saturated heterocycles. The van der Waals surface area contributed by atoms with Crippen LogP contribution in [0.15, 0.2) is 30.5 Å². The summed E-state index contributed by atoms with van der Waals surface area (Å²) in [5.41, 5.74) is 3.73. The van der Waals surface area contributed by atoms with Gasteiger partial charge in [-0.15, -0.1) is 0 Å². The van der Waals surface area contributed by atoms with Crippen molar-refractivity contribution in [2.45, 2.75) is 39.2 Å². The minimum atomic E-state index is 0.284. The first-order chi connectivity index (χ1) is 10.1. The fourth-order valence-electron chi connectivity index (χ4n) is 2.63. The number of nitrogens with zero attached hydrogens (tertiary/aromatic N) is 2. The van der Waals surface area contributed by atoms with Crippen LogP contribution in [0, 0.1) is 0 Å².